The maximum absolute atomic E-state index is 12.7. The number of aryl methyl sites for hydroxylation is 1. The van der Waals surface area contributed by atoms with Gasteiger partial charge in [-0.1, -0.05) is 63.4 Å². The van der Waals surface area contributed by atoms with Crippen molar-refractivity contribution in [3.8, 4) is 0 Å². The van der Waals surface area contributed by atoms with Gasteiger partial charge in [-0.25, -0.2) is 0 Å². The zero-order chi connectivity index (χ0) is 20.5. The van der Waals surface area contributed by atoms with Gasteiger partial charge in [-0.05, 0) is 49.8 Å². The summed E-state index contributed by atoms with van der Waals surface area (Å²) in [5.74, 6) is 1.08. The summed E-state index contributed by atoms with van der Waals surface area (Å²) in [6.07, 6.45) is 11.6. The number of aliphatic imine (C=N–C) groups is 1. The van der Waals surface area contributed by atoms with Gasteiger partial charge in [0.1, 0.15) is 0 Å². The maximum atomic E-state index is 12.7. The second-order valence-corrected chi connectivity index (χ2v) is 9.40. The Morgan fingerprint density at radius 3 is 2.59 bits per heavy atom. The average Bonchev–Trinajstić information content (AvgIpc) is 3.09. The van der Waals surface area contributed by atoms with E-state index in [0.717, 1.165) is 30.8 Å². The van der Waals surface area contributed by atoms with Crippen LogP contribution < -0.4 is 5.32 Å². The van der Waals surface area contributed by atoms with Crippen LogP contribution in [0.1, 0.15) is 77.2 Å². The fourth-order valence-electron chi connectivity index (χ4n) is 4.23. The number of hydrogen-bond donors (Lipinski definition) is 1. The van der Waals surface area contributed by atoms with Crippen LogP contribution in [0.15, 0.2) is 29.3 Å². The first kappa shape index (κ1) is 22.2. The molecule has 1 aliphatic heterocycles. The molecule has 4 nitrogen and oxygen atoms in total. The highest BCUT2D eigenvalue weighted by atomic mass is 32.2. The summed E-state index contributed by atoms with van der Waals surface area (Å²) >= 11 is 1.85. The number of amidine groups is 1. The SMILES string of the molecule is CCCCc1ccc(NC(=O)CC2CSC(=NC3CCCCC3)N2CCC)cc1. The Hall–Kier alpha value is -1.49. The van der Waals surface area contributed by atoms with E-state index in [1.54, 1.807) is 0 Å². The Balaban J connectivity index is 1.55. The number of carbonyl (C=O) groups excluding carboxylic acids is 1. The van der Waals surface area contributed by atoms with Gasteiger partial charge in [-0.2, -0.15) is 0 Å². The van der Waals surface area contributed by atoms with E-state index in [1.807, 2.05) is 23.9 Å². The lowest BCUT2D eigenvalue weighted by Gasteiger charge is -2.27. The molecule has 1 saturated carbocycles. The van der Waals surface area contributed by atoms with Crippen molar-refractivity contribution < 1.29 is 4.79 Å². The molecule has 5 heteroatoms. The van der Waals surface area contributed by atoms with Crippen LogP contribution in [0.25, 0.3) is 0 Å². The molecule has 1 amide bonds. The van der Waals surface area contributed by atoms with Gasteiger partial charge < -0.3 is 10.2 Å². The highest BCUT2D eigenvalue weighted by Gasteiger charge is 2.32. The summed E-state index contributed by atoms with van der Waals surface area (Å²) in [6, 6.07) is 9.08. The highest BCUT2D eigenvalue weighted by molar-refractivity contribution is 8.14. The molecule has 0 spiro atoms. The van der Waals surface area contributed by atoms with Crippen molar-refractivity contribution in [3.05, 3.63) is 29.8 Å². The van der Waals surface area contributed by atoms with E-state index in [9.17, 15) is 4.79 Å². The van der Waals surface area contributed by atoms with Crippen molar-refractivity contribution in [2.45, 2.75) is 90.1 Å². The number of amides is 1. The van der Waals surface area contributed by atoms with Crippen molar-refractivity contribution in [1.82, 2.24) is 4.90 Å². The third-order valence-corrected chi connectivity index (χ3v) is 7.05. The molecule has 1 unspecified atom stereocenters. The van der Waals surface area contributed by atoms with Gasteiger partial charge in [0.2, 0.25) is 5.91 Å². The molecule has 29 heavy (non-hydrogen) atoms. The minimum absolute atomic E-state index is 0.108. The van der Waals surface area contributed by atoms with Gasteiger partial charge in [-0.3, -0.25) is 9.79 Å². The smallest absolute Gasteiger partial charge is 0.226 e. The number of hydrogen-bond acceptors (Lipinski definition) is 3. The predicted molar refractivity (Wildman–Crippen MR) is 126 cm³/mol. The molecular weight excluding hydrogens is 378 g/mol. The summed E-state index contributed by atoms with van der Waals surface area (Å²) < 4.78 is 0. The molecule has 0 bridgehead atoms. The molecule has 0 aromatic heterocycles. The van der Waals surface area contributed by atoms with E-state index in [-0.39, 0.29) is 11.9 Å². The molecule has 1 aliphatic carbocycles. The number of benzene rings is 1. The average molecular weight is 416 g/mol. The van der Waals surface area contributed by atoms with Crippen LogP contribution in [-0.2, 0) is 11.2 Å². The van der Waals surface area contributed by atoms with Crippen molar-refractivity contribution in [2.75, 3.05) is 17.6 Å². The molecule has 160 valence electrons. The molecule has 3 rings (SSSR count). The predicted octanol–water partition coefficient (Wildman–Crippen LogP) is 5.87. The number of unbranched alkanes of at least 4 members (excludes halogenated alkanes) is 1. The Bertz CT molecular complexity index is 667. The van der Waals surface area contributed by atoms with Crippen molar-refractivity contribution in [3.63, 3.8) is 0 Å². The minimum Gasteiger partial charge on any atom is -0.347 e. The zero-order valence-corrected chi connectivity index (χ0v) is 19.0. The number of nitrogens with one attached hydrogen (secondary N) is 1. The summed E-state index contributed by atoms with van der Waals surface area (Å²) in [6.45, 7) is 5.41. The second kappa shape index (κ2) is 11.6. The standard InChI is InChI=1S/C24H37N3OS/c1-3-5-9-19-12-14-21(15-13-19)25-23(28)17-22-18-29-24(27(22)16-4-2)26-20-10-7-6-8-11-20/h12-15,20,22H,3-11,16-18H2,1-2H3,(H,25,28). The highest BCUT2D eigenvalue weighted by Crippen LogP contribution is 2.30. The molecule has 0 radical (unpaired) electrons. The second-order valence-electron chi connectivity index (χ2n) is 8.41. The van der Waals surface area contributed by atoms with E-state index < -0.39 is 0 Å². The van der Waals surface area contributed by atoms with Crippen LogP contribution in [0, 0.1) is 0 Å². The number of nitrogens with zero attached hydrogens (tertiary/aromatic N) is 2. The van der Waals surface area contributed by atoms with Gasteiger partial charge in [0.05, 0.1) is 6.04 Å². The Morgan fingerprint density at radius 2 is 1.90 bits per heavy atom. The van der Waals surface area contributed by atoms with Gasteiger partial charge in [0.25, 0.3) is 0 Å². The lowest BCUT2D eigenvalue weighted by atomic mass is 9.96. The van der Waals surface area contributed by atoms with E-state index in [4.69, 9.17) is 4.99 Å². The Morgan fingerprint density at radius 1 is 1.14 bits per heavy atom. The quantitative estimate of drug-likeness (QED) is 0.548. The number of thioether (sulfide) groups is 1. The lowest BCUT2D eigenvalue weighted by Crippen LogP contribution is -2.37. The van der Waals surface area contributed by atoms with Crippen molar-refractivity contribution in [2.24, 2.45) is 4.99 Å². The first-order chi connectivity index (χ1) is 14.2. The fraction of sp³-hybridized carbons (Fsp3) is 0.667. The van der Waals surface area contributed by atoms with E-state index in [1.165, 1.54) is 55.7 Å². The number of rotatable bonds is 9. The van der Waals surface area contributed by atoms with Crippen LogP contribution in [0.3, 0.4) is 0 Å². The minimum atomic E-state index is 0.108. The maximum Gasteiger partial charge on any atom is 0.226 e. The molecule has 1 N–H and O–H groups in total. The summed E-state index contributed by atoms with van der Waals surface area (Å²) in [7, 11) is 0. The Kier molecular flexibility index (Phi) is 8.91. The summed E-state index contributed by atoms with van der Waals surface area (Å²) in [5.41, 5.74) is 2.24. The fourth-order valence-corrected chi connectivity index (χ4v) is 5.50. The van der Waals surface area contributed by atoms with E-state index in [0.29, 0.717) is 12.5 Å². The molecule has 1 aromatic carbocycles. The largest absolute Gasteiger partial charge is 0.347 e. The topological polar surface area (TPSA) is 44.7 Å². The molecule has 2 aliphatic rings. The third kappa shape index (κ3) is 6.77. The normalized spacial score (nSPS) is 21.7. The van der Waals surface area contributed by atoms with Gasteiger partial charge in [0, 0.05) is 30.4 Å². The molecule has 1 atom stereocenters. The number of carbonyl (C=O) groups is 1. The van der Waals surface area contributed by atoms with E-state index in [2.05, 4.69) is 36.2 Å². The molecule has 2 fully saturated rings. The molecular formula is C24H37N3OS. The van der Waals surface area contributed by atoms with Gasteiger partial charge in [0.15, 0.2) is 5.17 Å². The van der Waals surface area contributed by atoms with Gasteiger partial charge >= 0.3 is 0 Å². The van der Waals surface area contributed by atoms with Gasteiger partial charge in [-0.15, -0.1) is 0 Å². The van der Waals surface area contributed by atoms with Crippen molar-refractivity contribution >= 4 is 28.5 Å². The molecule has 1 aromatic rings. The van der Waals surface area contributed by atoms with Crippen molar-refractivity contribution in [1.29, 1.82) is 0 Å². The first-order valence-corrected chi connectivity index (χ1v) is 12.5. The first-order valence-electron chi connectivity index (χ1n) is 11.6. The van der Waals surface area contributed by atoms with E-state index >= 15 is 0 Å². The molecule has 1 heterocycles. The summed E-state index contributed by atoms with van der Waals surface area (Å²) in [5, 5.41) is 4.27. The number of anilines is 1. The van der Waals surface area contributed by atoms with Crippen LogP contribution in [0.5, 0.6) is 0 Å². The van der Waals surface area contributed by atoms with Crippen LogP contribution in [0.2, 0.25) is 0 Å². The monoisotopic (exact) mass is 415 g/mol. The lowest BCUT2D eigenvalue weighted by molar-refractivity contribution is -0.116. The van der Waals surface area contributed by atoms with Crippen LogP contribution >= 0.6 is 11.8 Å². The third-order valence-electron chi connectivity index (χ3n) is 5.90. The summed E-state index contributed by atoms with van der Waals surface area (Å²) in [4.78, 5) is 20.2. The Labute approximate surface area is 180 Å². The zero-order valence-electron chi connectivity index (χ0n) is 18.2. The van der Waals surface area contributed by atoms with Crippen LogP contribution in [0.4, 0.5) is 5.69 Å². The molecule has 1 saturated heterocycles. The van der Waals surface area contributed by atoms with Crippen LogP contribution in [-0.4, -0.2) is 40.4 Å².